The summed E-state index contributed by atoms with van der Waals surface area (Å²) in [6.07, 6.45) is 9.00. The molecule has 1 spiro atoms. The standard InChI is InChI=1S/C23H16.5C2H6/c1-2-10-18-17(9-1)19-11-3-5-13-21(19)23(15-7-8-16-23)22-14-6-4-12-20(18)22;5*1-2/h1-16H;5*1-2H3. The van der Waals surface area contributed by atoms with E-state index < -0.39 is 0 Å². The first-order chi connectivity index (χ1) is 16.4. The fraction of sp³-hybridized carbons (Fsp3) is 0.333. The molecule has 0 radical (unpaired) electrons. The Morgan fingerprint density at radius 1 is 0.364 bits per heavy atom. The number of allylic oxidation sites excluding steroid dienone is 4. The van der Waals surface area contributed by atoms with Crippen molar-refractivity contribution in [2.24, 2.45) is 0 Å². The summed E-state index contributed by atoms with van der Waals surface area (Å²) in [6, 6.07) is 26.4. The lowest BCUT2D eigenvalue weighted by atomic mass is 9.73. The zero-order valence-electron chi connectivity index (χ0n) is 22.7. The van der Waals surface area contributed by atoms with Gasteiger partial charge in [-0.1, -0.05) is 166 Å². The number of hydrogen-bond acceptors (Lipinski definition) is 0. The number of fused-ring (bicyclic) bond motifs is 7. The molecule has 0 heterocycles. The van der Waals surface area contributed by atoms with Crippen LogP contribution in [0.15, 0.2) is 97.1 Å². The van der Waals surface area contributed by atoms with Crippen molar-refractivity contribution < 1.29 is 0 Å². The van der Waals surface area contributed by atoms with E-state index in [-0.39, 0.29) is 5.41 Å². The third-order valence-electron chi connectivity index (χ3n) is 5.08. The Balaban J connectivity index is 0.000000916. The average molecular weight is 443 g/mol. The van der Waals surface area contributed by atoms with E-state index >= 15 is 0 Å². The molecule has 3 aromatic carbocycles. The fourth-order valence-corrected chi connectivity index (χ4v) is 4.08. The molecular weight excluding hydrogens is 396 g/mol. The number of hydrogen-bond donors (Lipinski definition) is 0. The predicted molar refractivity (Wildman–Crippen MR) is 153 cm³/mol. The lowest BCUT2D eigenvalue weighted by molar-refractivity contribution is 0.836. The van der Waals surface area contributed by atoms with Crippen LogP contribution >= 0.6 is 0 Å². The van der Waals surface area contributed by atoms with Crippen molar-refractivity contribution in [3.8, 4) is 22.3 Å². The topological polar surface area (TPSA) is 0 Å². The number of rotatable bonds is 0. The van der Waals surface area contributed by atoms with E-state index in [9.17, 15) is 0 Å². The third kappa shape index (κ3) is 6.14. The fourth-order valence-electron chi connectivity index (χ4n) is 4.08. The third-order valence-corrected chi connectivity index (χ3v) is 5.08. The Morgan fingerprint density at radius 3 is 0.970 bits per heavy atom. The van der Waals surface area contributed by atoms with Gasteiger partial charge in [-0.25, -0.2) is 0 Å². The molecule has 33 heavy (non-hydrogen) atoms. The van der Waals surface area contributed by atoms with Gasteiger partial charge in [0, 0.05) is 0 Å². The lowest BCUT2D eigenvalue weighted by Crippen LogP contribution is -2.21. The molecule has 0 aromatic heterocycles. The molecule has 5 rings (SSSR count). The minimum atomic E-state index is -0.161. The van der Waals surface area contributed by atoms with Crippen LogP contribution in [0.1, 0.15) is 80.4 Å². The van der Waals surface area contributed by atoms with Crippen molar-refractivity contribution >= 4 is 0 Å². The highest BCUT2D eigenvalue weighted by Crippen LogP contribution is 2.50. The van der Waals surface area contributed by atoms with E-state index in [0.29, 0.717) is 0 Å². The summed E-state index contributed by atoms with van der Waals surface area (Å²) in [5, 5.41) is 0. The summed E-state index contributed by atoms with van der Waals surface area (Å²) in [5.41, 5.74) is 7.87. The van der Waals surface area contributed by atoms with Gasteiger partial charge in [0.2, 0.25) is 0 Å². The van der Waals surface area contributed by atoms with Crippen LogP contribution in [0.2, 0.25) is 0 Å². The van der Waals surface area contributed by atoms with Gasteiger partial charge in [-0.3, -0.25) is 0 Å². The Morgan fingerprint density at radius 2 is 0.636 bits per heavy atom. The van der Waals surface area contributed by atoms with Gasteiger partial charge in [0.05, 0.1) is 5.41 Å². The molecule has 0 aliphatic heterocycles. The summed E-state index contributed by atoms with van der Waals surface area (Å²) < 4.78 is 0. The highest BCUT2D eigenvalue weighted by Gasteiger charge is 2.37. The zero-order chi connectivity index (χ0) is 25.3. The maximum atomic E-state index is 2.33. The Kier molecular flexibility index (Phi) is 15.3. The van der Waals surface area contributed by atoms with E-state index in [4.69, 9.17) is 0 Å². The maximum Gasteiger partial charge on any atom is 0.0580 e. The smallest absolute Gasteiger partial charge is 0.0580 e. The van der Waals surface area contributed by atoms with Crippen molar-refractivity contribution in [1.29, 1.82) is 0 Å². The van der Waals surface area contributed by atoms with Gasteiger partial charge in [-0.05, 0) is 33.4 Å². The van der Waals surface area contributed by atoms with E-state index in [1.54, 1.807) is 0 Å². The predicted octanol–water partition coefficient (Wildman–Crippen LogP) is 10.9. The summed E-state index contributed by atoms with van der Waals surface area (Å²) in [6.45, 7) is 20.0. The van der Waals surface area contributed by atoms with Crippen LogP contribution in [0.3, 0.4) is 0 Å². The van der Waals surface area contributed by atoms with Gasteiger partial charge in [0.15, 0.2) is 0 Å². The van der Waals surface area contributed by atoms with Crippen LogP contribution in [0, 0.1) is 0 Å². The molecule has 0 saturated heterocycles. The van der Waals surface area contributed by atoms with Crippen LogP contribution in [-0.4, -0.2) is 0 Å². The van der Waals surface area contributed by atoms with Gasteiger partial charge >= 0.3 is 0 Å². The van der Waals surface area contributed by atoms with Crippen molar-refractivity contribution in [1.82, 2.24) is 0 Å². The Bertz CT molecular complexity index is 892. The molecule has 0 heteroatoms. The number of benzene rings is 3. The first kappa shape index (κ1) is 30.1. The summed E-state index contributed by atoms with van der Waals surface area (Å²) in [5.74, 6) is 0. The van der Waals surface area contributed by atoms with Gasteiger partial charge in [-0.2, -0.15) is 0 Å². The molecule has 0 N–H and O–H groups in total. The molecule has 0 fully saturated rings. The Labute approximate surface area is 205 Å². The minimum Gasteiger partial charge on any atom is -0.0683 e. The van der Waals surface area contributed by atoms with Gasteiger partial charge in [0.25, 0.3) is 0 Å². The molecular formula is C33H46. The van der Waals surface area contributed by atoms with Crippen LogP contribution in [0.4, 0.5) is 0 Å². The van der Waals surface area contributed by atoms with Gasteiger partial charge < -0.3 is 0 Å². The monoisotopic (exact) mass is 442 g/mol. The Hall–Kier alpha value is -2.86. The molecule has 2 aliphatic rings. The van der Waals surface area contributed by atoms with E-state index in [2.05, 4.69) is 97.1 Å². The van der Waals surface area contributed by atoms with Crippen molar-refractivity contribution in [3.05, 3.63) is 108 Å². The van der Waals surface area contributed by atoms with E-state index in [1.165, 1.54) is 33.4 Å². The second-order valence-corrected chi connectivity index (χ2v) is 6.22. The lowest BCUT2D eigenvalue weighted by Gasteiger charge is -2.28. The van der Waals surface area contributed by atoms with Crippen molar-refractivity contribution in [2.45, 2.75) is 74.7 Å². The van der Waals surface area contributed by atoms with Crippen LogP contribution in [-0.2, 0) is 5.41 Å². The van der Waals surface area contributed by atoms with Crippen LogP contribution in [0.25, 0.3) is 22.3 Å². The molecule has 2 aliphatic carbocycles. The van der Waals surface area contributed by atoms with Crippen molar-refractivity contribution in [3.63, 3.8) is 0 Å². The van der Waals surface area contributed by atoms with Crippen LogP contribution < -0.4 is 0 Å². The highest BCUT2D eigenvalue weighted by atomic mass is 14.4. The van der Waals surface area contributed by atoms with E-state index in [1.807, 2.05) is 69.2 Å². The van der Waals surface area contributed by atoms with E-state index in [0.717, 1.165) is 0 Å². The minimum absolute atomic E-state index is 0.161. The molecule has 0 nitrogen and oxygen atoms in total. The summed E-state index contributed by atoms with van der Waals surface area (Å²) >= 11 is 0. The second kappa shape index (κ2) is 16.7. The molecule has 0 unspecified atom stereocenters. The first-order valence-electron chi connectivity index (χ1n) is 13.1. The first-order valence-corrected chi connectivity index (χ1v) is 13.1. The quantitative estimate of drug-likeness (QED) is 0.325. The maximum absolute atomic E-state index is 2.33. The van der Waals surface area contributed by atoms with Gasteiger partial charge in [0.1, 0.15) is 0 Å². The van der Waals surface area contributed by atoms with Gasteiger partial charge in [-0.15, -0.1) is 0 Å². The van der Waals surface area contributed by atoms with Crippen molar-refractivity contribution in [2.75, 3.05) is 0 Å². The molecule has 0 amide bonds. The summed E-state index contributed by atoms with van der Waals surface area (Å²) in [7, 11) is 0. The SMILES string of the molecule is C1=CC2(C=C1)c1ccccc1-c1ccccc1-c1ccccc12.CC.CC.CC.CC.CC. The average Bonchev–Trinajstić information content (AvgIpc) is 3.42. The normalized spacial score (nSPS) is 11.9. The molecule has 178 valence electrons. The largest absolute Gasteiger partial charge is 0.0683 e. The molecule has 0 saturated carbocycles. The molecule has 3 aromatic rings. The summed E-state index contributed by atoms with van der Waals surface area (Å²) in [4.78, 5) is 0. The zero-order valence-corrected chi connectivity index (χ0v) is 22.7. The second-order valence-electron chi connectivity index (χ2n) is 6.22. The highest BCUT2D eigenvalue weighted by molar-refractivity contribution is 5.91. The molecule has 0 bridgehead atoms. The molecule has 0 atom stereocenters. The van der Waals surface area contributed by atoms with Crippen LogP contribution in [0.5, 0.6) is 0 Å².